The van der Waals surface area contributed by atoms with Crippen molar-refractivity contribution in [3.8, 4) is 11.5 Å². The minimum Gasteiger partial charge on any atom is -0.454 e. The Kier molecular flexibility index (Phi) is 4.53. The second kappa shape index (κ2) is 6.78. The second-order valence-corrected chi connectivity index (χ2v) is 5.51. The van der Waals surface area contributed by atoms with E-state index >= 15 is 0 Å². The van der Waals surface area contributed by atoms with Crippen molar-refractivity contribution in [2.24, 2.45) is 0 Å². The first kappa shape index (κ1) is 16.7. The van der Waals surface area contributed by atoms with E-state index in [1.165, 1.54) is 31.3 Å². The van der Waals surface area contributed by atoms with Crippen molar-refractivity contribution >= 4 is 11.6 Å². The number of hydrogen-bond donors (Lipinski definition) is 2. The summed E-state index contributed by atoms with van der Waals surface area (Å²) in [6, 6.07) is 8.91. The van der Waals surface area contributed by atoms with Gasteiger partial charge in [0, 0.05) is 19.2 Å². The fourth-order valence-electron chi connectivity index (χ4n) is 2.63. The summed E-state index contributed by atoms with van der Waals surface area (Å²) in [4.78, 5) is 22.0. The van der Waals surface area contributed by atoms with Gasteiger partial charge in [-0.3, -0.25) is 14.9 Å². The highest BCUT2D eigenvalue weighted by Crippen LogP contribution is 2.38. The lowest BCUT2D eigenvalue weighted by Crippen LogP contribution is -2.21. The number of benzene rings is 2. The van der Waals surface area contributed by atoms with Gasteiger partial charge >= 0.3 is 0 Å². The van der Waals surface area contributed by atoms with Crippen LogP contribution in [0.4, 0.5) is 5.69 Å². The fourth-order valence-corrected chi connectivity index (χ4v) is 2.63. The number of nitro groups is 1. The van der Waals surface area contributed by atoms with Crippen LogP contribution < -0.4 is 14.8 Å². The number of ether oxygens (including phenoxy) is 2. The number of rotatable bonds is 5. The first-order chi connectivity index (χ1) is 12.0. The number of amides is 1. The van der Waals surface area contributed by atoms with E-state index < -0.39 is 11.0 Å². The molecular formula is C17H16N2O6. The van der Waals surface area contributed by atoms with Crippen molar-refractivity contribution < 1.29 is 24.3 Å². The number of nitrogens with zero attached hydrogens (tertiary/aromatic N) is 1. The van der Waals surface area contributed by atoms with E-state index in [1.54, 1.807) is 12.1 Å². The number of non-ortho nitro benzene ring substituents is 1. The maximum Gasteiger partial charge on any atom is 0.269 e. The summed E-state index contributed by atoms with van der Waals surface area (Å²) in [5.41, 5.74) is 1.49. The second-order valence-electron chi connectivity index (χ2n) is 5.51. The Hall–Kier alpha value is -3.13. The van der Waals surface area contributed by atoms with Crippen LogP contribution in [0.15, 0.2) is 36.4 Å². The summed E-state index contributed by atoms with van der Waals surface area (Å²) in [6.07, 6.45) is -0.998. The molecule has 0 bridgehead atoms. The third-order valence-corrected chi connectivity index (χ3v) is 3.98. The number of likely N-dealkylation sites (N-methyl/N-ethyl adjacent to an activating group) is 1. The molecule has 0 aliphatic carbocycles. The van der Waals surface area contributed by atoms with Gasteiger partial charge in [0.25, 0.3) is 5.69 Å². The van der Waals surface area contributed by atoms with Crippen LogP contribution in [0.1, 0.15) is 22.8 Å². The van der Waals surface area contributed by atoms with E-state index in [4.69, 9.17) is 9.47 Å². The molecule has 1 amide bonds. The summed E-state index contributed by atoms with van der Waals surface area (Å²) < 4.78 is 10.7. The molecule has 2 aromatic carbocycles. The molecule has 1 aliphatic heterocycles. The smallest absolute Gasteiger partial charge is 0.269 e. The van der Waals surface area contributed by atoms with Crippen molar-refractivity contribution in [1.29, 1.82) is 0 Å². The molecule has 1 unspecified atom stereocenters. The van der Waals surface area contributed by atoms with Gasteiger partial charge in [-0.25, -0.2) is 0 Å². The van der Waals surface area contributed by atoms with Gasteiger partial charge in [0.05, 0.1) is 11.3 Å². The van der Waals surface area contributed by atoms with Crippen LogP contribution in [-0.2, 0) is 11.2 Å². The van der Waals surface area contributed by atoms with Gasteiger partial charge in [-0.1, -0.05) is 0 Å². The molecule has 0 aromatic heterocycles. The number of fused-ring (bicyclic) bond motifs is 1. The molecule has 0 fully saturated rings. The maximum atomic E-state index is 11.8. The van der Waals surface area contributed by atoms with Gasteiger partial charge < -0.3 is 19.9 Å². The number of carbonyl (C=O) groups is 1. The Balaban J connectivity index is 1.98. The van der Waals surface area contributed by atoms with E-state index in [2.05, 4.69) is 5.32 Å². The first-order valence-electron chi connectivity index (χ1n) is 7.55. The van der Waals surface area contributed by atoms with Crippen LogP contribution in [0.25, 0.3) is 0 Å². The zero-order valence-corrected chi connectivity index (χ0v) is 13.4. The lowest BCUT2D eigenvalue weighted by molar-refractivity contribution is -0.384. The minimum atomic E-state index is -1.06. The van der Waals surface area contributed by atoms with Gasteiger partial charge in [-0.15, -0.1) is 0 Å². The number of nitro benzene ring substituents is 1. The Labute approximate surface area is 143 Å². The number of hydrogen-bond acceptors (Lipinski definition) is 6. The predicted molar refractivity (Wildman–Crippen MR) is 87.5 cm³/mol. The molecular weight excluding hydrogens is 328 g/mol. The van der Waals surface area contributed by atoms with Crippen molar-refractivity contribution in [3.05, 3.63) is 63.2 Å². The quantitative estimate of drug-likeness (QED) is 0.631. The Morgan fingerprint density at radius 3 is 2.52 bits per heavy atom. The lowest BCUT2D eigenvalue weighted by atomic mass is 9.94. The molecule has 3 rings (SSSR count). The van der Waals surface area contributed by atoms with Crippen LogP contribution in [-0.4, -0.2) is 29.8 Å². The van der Waals surface area contributed by atoms with Crippen LogP contribution in [0.2, 0.25) is 0 Å². The maximum absolute atomic E-state index is 11.8. The molecule has 1 aliphatic rings. The van der Waals surface area contributed by atoms with Crippen LogP contribution in [0, 0.1) is 10.1 Å². The van der Waals surface area contributed by atoms with Crippen LogP contribution in [0.5, 0.6) is 11.5 Å². The molecule has 0 radical (unpaired) electrons. The average molecular weight is 344 g/mol. The van der Waals surface area contributed by atoms with Gasteiger partial charge in [-0.2, -0.15) is 0 Å². The van der Waals surface area contributed by atoms with Crippen LogP contribution in [0.3, 0.4) is 0 Å². The molecule has 0 saturated carbocycles. The van der Waals surface area contributed by atoms with E-state index in [1.807, 2.05) is 0 Å². The number of carbonyl (C=O) groups excluding carboxylic acids is 1. The Morgan fingerprint density at radius 2 is 1.92 bits per heavy atom. The lowest BCUT2D eigenvalue weighted by Gasteiger charge is -2.17. The third kappa shape index (κ3) is 3.38. The van der Waals surface area contributed by atoms with Crippen LogP contribution >= 0.6 is 0 Å². The molecule has 130 valence electrons. The molecule has 1 heterocycles. The standard InChI is InChI=1S/C17H16N2O6/c1-18-16(20)7-11-6-14-15(25-9-24-14)8-13(11)17(21)10-2-4-12(5-3-10)19(22)23/h2-6,8,17,21H,7,9H2,1H3,(H,18,20). The summed E-state index contributed by atoms with van der Waals surface area (Å²) in [7, 11) is 1.53. The van der Waals surface area contributed by atoms with Crippen molar-refractivity contribution in [2.75, 3.05) is 13.8 Å². The minimum absolute atomic E-state index is 0.0620. The highest BCUT2D eigenvalue weighted by atomic mass is 16.7. The molecule has 0 spiro atoms. The number of aliphatic hydroxyl groups is 1. The predicted octanol–water partition coefficient (Wildman–Crippen LogP) is 1.69. The number of nitrogens with one attached hydrogen (secondary N) is 1. The molecule has 8 nitrogen and oxygen atoms in total. The highest BCUT2D eigenvalue weighted by molar-refractivity contribution is 5.79. The van der Waals surface area contributed by atoms with E-state index in [-0.39, 0.29) is 24.8 Å². The summed E-state index contributed by atoms with van der Waals surface area (Å²) in [6.45, 7) is 0.0752. The third-order valence-electron chi connectivity index (χ3n) is 3.98. The van der Waals surface area contributed by atoms with Gasteiger partial charge in [0.1, 0.15) is 6.10 Å². The normalized spacial score (nSPS) is 13.4. The first-order valence-corrected chi connectivity index (χ1v) is 7.55. The SMILES string of the molecule is CNC(=O)Cc1cc2c(cc1C(O)c1ccc([N+](=O)[O-])cc1)OCO2. The van der Waals surface area contributed by atoms with Gasteiger partial charge in [-0.05, 0) is 41.0 Å². The molecule has 2 aromatic rings. The average Bonchev–Trinajstić information content (AvgIpc) is 3.07. The van der Waals surface area contributed by atoms with E-state index in [0.717, 1.165) is 0 Å². The Bertz CT molecular complexity index is 819. The molecule has 8 heteroatoms. The highest BCUT2D eigenvalue weighted by Gasteiger charge is 2.23. The van der Waals surface area contributed by atoms with Gasteiger partial charge in [0.15, 0.2) is 11.5 Å². The monoisotopic (exact) mass is 344 g/mol. The van der Waals surface area contributed by atoms with E-state index in [9.17, 15) is 20.0 Å². The molecule has 25 heavy (non-hydrogen) atoms. The molecule has 2 N–H and O–H groups in total. The Morgan fingerprint density at radius 1 is 1.28 bits per heavy atom. The van der Waals surface area contributed by atoms with Crippen molar-refractivity contribution in [3.63, 3.8) is 0 Å². The zero-order chi connectivity index (χ0) is 18.0. The molecule has 1 atom stereocenters. The largest absolute Gasteiger partial charge is 0.454 e. The summed E-state index contributed by atoms with van der Waals surface area (Å²) in [5.74, 6) is 0.784. The van der Waals surface area contributed by atoms with E-state index in [0.29, 0.717) is 28.2 Å². The molecule has 0 saturated heterocycles. The fraction of sp³-hybridized carbons (Fsp3) is 0.235. The summed E-state index contributed by atoms with van der Waals surface area (Å²) >= 11 is 0. The van der Waals surface area contributed by atoms with Gasteiger partial charge in [0.2, 0.25) is 12.7 Å². The summed E-state index contributed by atoms with van der Waals surface area (Å²) in [5, 5.41) is 24.0. The number of aliphatic hydroxyl groups excluding tert-OH is 1. The van der Waals surface area contributed by atoms with Crippen molar-refractivity contribution in [1.82, 2.24) is 5.32 Å². The topological polar surface area (TPSA) is 111 Å². The van der Waals surface area contributed by atoms with Crippen molar-refractivity contribution in [2.45, 2.75) is 12.5 Å². The zero-order valence-electron chi connectivity index (χ0n) is 13.4.